The lowest BCUT2D eigenvalue weighted by molar-refractivity contribution is -0.146. The lowest BCUT2D eigenvalue weighted by Gasteiger charge is -2.31. The number of carbonyl (C=O) groups excluding carboxylic acids is 3. The van der Waals surface area contributed by atoms with Crippen molar-refractivity contribution in [3.8, 4) is 0 Å². The van der Waals surface area contributed by atoms with E-state index >= 15 is 0 Å². The molecule has 0 spiro atoms. The number of rotatable bonds is 7. The van der Waals surface area contributed by atoms with E-state index in [2.05, 4.69) is 5.32 Å². The summed E-state index contributed by atoms with van der Waals surface area (Å²) in [4.78, 5) is 36.5. The largest absolute Gasteiger partial charge is 0.382 e. The smallest absolute Gasteiger partial charge is 0.272 e. The van der Waals surface area contributed by atoms with Crippen molar-refractivity contribution < 1.29 is 24.7 Å². The Morgan fingerprint density at radius 1 is 1.03 bits per heavy atom. The molecule has 0 heterocycles. The van der Waals surface area contributed by atoms with Gasteiger partial charge >= 0.3 is 0 Å². The van der Waals surface area contributed by atoms with Gasteiger partial charge in [-0.2, -0.15) is 0 Å². The zero-order chi connectivity index (χ0) is 21.8. The van der Waals surface area contributed by atoms with Gasteiger partial charge in [-0.3, -0.25) is 19.6 Å². The van der Waals surface area contributed by atoms with Crippen molar-refractivity contribution in [2.45, 2.75) is 39.3 Å². The van der Waals surface area contributed by atoms with Crippen molar-refractivity contribution in [2.75, 3.05) is 0 Å². The number of benzene rings is 2. The Kier molecular flexibility index (Phi) is 6.94. The van der Waals surface area contributed by atoms with Crippen LogP contribution in [0.15, 0.2) is 42.5 Å². The van der Waals surface area contributed by atoms with Crippen LogP contribution in [0.1, 0.15) is 26.3 Å². The van der Waals surface area contributed by atoms with Crippen LogP contribution in [0.3, 0.4) is 0 Å². The second kappa shape index (κ2) is 9.02. The van der Waals surface area contributed by atoms with Crippen molar-refractivity contribution in [1.82, 2.24) is 10.8 Å². The monoisotopic (exact) mass is 401 g/mol. The van der Waals surface area contributed by atoms with Crippen LogP contribution in [0.25, 0.3) is 10.8 Å². The highest BCUT2D eigenvalue weighted by atomic mass is 16.5. The van der Waals surface area contributed by atoms with Gasteiger partial charge in [-0.15, -0.1) is 0 Å². The predicted molar refractivity (Wildman–Crippen MR) is 108 cm³/mol. The fourth-order valence-corrected chi connectivity index (χ4v) is 3.18. The second-order valence-electron chi connectivity index (χ2n) is 8.12. The van der Waals surface area contributed by atoms with Crippen LogP contribution in [0, 0.1) is 11.3 Å². The molecule has 2 rings (SSSR count). The second-order valence-corrected chi connectivity index (χ2v) is 8.12. The normalized spacial score (nSPS) is 14.7. The number of aliphatic hydroxyl groups excluding tert-OH is 1. The molecule has 6 N–H and O–H groups in total. The third kappa shape index (κ3) is 5.52. The van der Waals surface area contributed by atoms with Gasteiger partial charge in [0.1, 0.15) is 12.1 Å². The van der Waals surface area contributed by atoms with Crippen LogP contribution < -0.4 is 16.5 Å². The molecule has 0 saturated carbocycles. The summed E-state index contributed by atoms with van der Waals surface area (Å²) in [5, 5.41) is 23.7. The lowest BCUT2D eigenvalue weighted by Crippen LogP contribution is -2.56. The number of nitrogens with two attached hydrogens (primary N) is 1. The van der Waals surface area contributed by atoms with E-state index in [-0.39, 0.29) is 6.42 Å². The molecule has 8 nitrogen and oxygen atoms in total. The number of hydrogen-bond acceptors (Lipinski definition) is 5. The average Bonchev–Trinajstić information content (AvgIpc) is 2.67. The molecule has 3 atom stereocenters. The van der Waals surface area contributed by atoms with Gasteiger partial charge in [-0.1, -0.05) is 63.2 Å². The summed E-state index contributed by atoms with van der Waals surface area (Å²) in [5.41, 5.74) is 6.81. The molecule has 0 aliphatic rings. The van der Waals surface area contributed by atoms with Gasteiger partial charge in [-0.05, 0) is 28.2 Å². The Labute approximate surface area is 169 Å². The lowest BCUT2D eigenvalue weighted by atomic mass is 9.85. The first-order valence-electron chi connectivity index (χ1n) is 9.24. The summed E-state index contributed by atoms with van der Waals surface area (Å²) in [6.45, 7) is 5.20. The van der Waals surface area contributed by atoms with Crippen molar-refractivity contribution in [1.29, 1.82) is 0 Å². The van der Waals surface area contributed by atoms with Gasteiger partial charge in [0.05, 0.1) is 5.92 Å². The molecule has 0 saturated heterocycles. The van der Waals surface area contributed by atoms with E-state index in [1.807, 2.05) is 36.4 Å². The van der Waals surface area contributed by atoms with E-state index in [0.717, 1.165) is 10.8 Å². The molecule has 0 aromatic heterocycles. The number of amides is 3. The van der Waals surface area contributed by atoms with E-state index in [0.29, 0.717) is 5.56 Å². The predicted octanol–water partition coefficient (Wildman–Crippen LogP) is 0.881. The SMILES string of the molecule is CC(C)(C)C(NC(=O)C(Cc1ccc2ccccc2c1)[C@H](O)C(=O)NO)C(N)=O. The zero-order valence-corrected chi connectivity index (χ0v) is 16.7. The van der Waals surface area contributed by atoms with E-state index in [1.54, 1.807) is 26.8 Å². The minimum atomic E-state index is -1.82. The fraction of sp³-hybridized carbons (Fsp3) is 0.381. The average molecular weight is 401 g/mol. The molecule has 0 aliphatic carbocycles. The molecule has 3 amide bonds. The fourth-order valence-electron chi connectivity index (χ4n) is 3.18. The first-order valence-corrected chi connectivity index (χ1v) is 9.24. The van der Waals surface area contributed by atoms with Gasteiger partial charge in [0, 0.05) is 0 Å². The van der Waals surface area contributed by atoms with Crippen LogP contribution >= 0.6 is 0 Å². The molecule has 0 fully saturated rings. The number of primary amides is 1. The summed E-state index contributed by atoms with van der Waals surface area (Å²) >= 11 is 0. The summed E-state index contributed by atoms with van der Waals surface area (Å²) < 4.78 is 0. The van der Waals surface area contributed by atoms with Gasteiger partial charge in [0.15, 0.2) is 0 Å². The molecular weight excluding hydrogens is 374 g/mol. The molecule has 0 aliphatic heterocycles. The number of nitrogens with one attached hydrogen (secondary N) is 2. The zero-order valence-electron chi connectivity index (χ0n) is 16.7. The van der Waals surface area contributed by atoms with Gasteiger partial charge in [0.2, 0.25) is 11.8 Å². The number of fused-ring (bicyclic) bond motifs is 1. The highest BCUT2D eigenvalue weighted by Crippen LogP contribution is 2.22. The molecule has 0 radical (unpaired) electrons. The highest BCUT2D eigenvalue weighted by Gasteiger charge is 2.37. The summed E-state index contributed by atoms with van der Waals surface area (Å²) in [6, 6.07) is 12.2. The summed E-state index contributed by atoms with van der Waals surface area (Å²) in [5.74, 6) is -3.80. The van der Waals surface area contributed by atoms with Gasteiger partial charge < -0.3 is 16.2 Å². The Morgan fingerprint density at radius 2 is 1.66 bits per heavy atom. The Hall–Kier alpha value is -2.97. The maximum absolute atomic E-state index is 12.9. The van der Waals surface area contributed by atoms with Crippen LogP contribution in [0.2, 0.25) is 0 Å². The summed E-state index contributed by atoms with van der Waals surface area (Å²) in [7, 11) is 0. The number of hydroxylamine groups is 1. The first kappa shape index (κ1) is 22.3. The highest BCUT2D eigenvalue weighted by molar-refractivity contribution is 5.92. The van der Waals surface area contributed by atoms with Crippen LogP contribution in [-0.4, -0.2) is 40.2 Å². The van der Waals surface area contributed by atoms with Crippen LogP contribution in [0.4, 0.5) is 0 Å². The molecule has 156 valence electrons. The number of carbonyl (C=O) groups is 3. The number of aliphatic hydroxyl groups is 1. The molecule has 8 heteroatoms. The van der Waals surface area contributed by atoms with Crippen molar-refractivity contribution in [3.05, 3.63) is 48.0 Å². The van der Waals surface area contributed by atoms with E-state index < -0.39 is 41.2 Å². The Bertz CT molecular complexity index is 907. The first-order chi connectivity index (χ1) is 13.5. The minimum Gasteiger partial charge on any atom is -0.382 e. The van der Waals surface area contributed by atoms with Crippen molar-refractivity contribution in [2.24, 2.45) is 17.1 Å². The van der Waals surface area contributed by atoms with Gasteiger partial charge in [0.25, 0.3) is 5.91 Å². The van der Waals surface area contributed by atoms with E-state index in [9.17, 15) is 19.5 Å². The van der Waals surface area contributed by atoms with E-state index in [1.165, 1.54) is 5.48 Å². The van der Waals surface area contributed by atoms with Crippen LogP contribution in [0.5, 0.6) is 0 Å². The third-order valence-corrected chi connectivity index (χ3v) is 4.80. The molecule has 0 bridgehead atoms. The van der Waals surface area contributed by atoms with E-state index in [4.69, 9.17) is 10.9 Å². The number of hydrogen-bond donors (Lipinski definition) is 5. The standard InChI is InChI=1S/C21H27N3O5/c1-21(2,3)17(18(22)26)23-19(27)15(16(25)20(28)24-29)11-12-8-9-13-6-4-5-7-14(13)10-12/h4-10,15-17,25,29H,11H2,1-3H3,(H2,22,26)(H,23,27)(H,24,28)/t15?,16-,17?/m0/s1. The Morgan fingerprint density at radius 3 is 2.21 bits per heavy atom. The molecule has 2 unspecified atom stereocenters. The maximum atomic E-state index is 12.9. The van der Waals surface area contributed by atoms with Crippen molar-refractivity contribution >= 4 is 28.5 Å². The quantitative estimate of drug-likeness (QED) is 0.346. The summed E-state index contributed by atoms with van der Waals surface area (Å²) in [6.07, 6.45) is -1.80. The molecular formula is C21H27N3O5. The maximum Gasteiger partial charge on any atom is 0.272 e. The molecule has 29 heavy (non-hydrogen) atoms. The topological polar surface area (TPSA) is 142 Å². The van der Waals surface area contributed by atoms with Gasteiger partial charge in [-0.25, -0.2) is 5.48 Å². The van der Waals surface area contributed by atoms with Crippen molar-refractivity contribution in [3.63, 3.8) is 0 Å². The minimum absolute atomic E-state index is 0.0148. The molecule has 2 aromatic rings. The molecule has 2 aromatic carbocycles. The Balaban J connectivity index is 2.33. The van der Waals surface area contributed by atoms with Crippen LogP contribution in [-0.2, 0) is 20.8 Å². The third-order valence-electron chi connectivity index (χ3n) is 4.80.